The Kier molecular flexibility index (Phi) is 5.09. The van der Waals surface area contributed by atoms with Crippen LogP contribution in [-0.2, 0) is 22.6 Å². The maximum absolute atomic E-state index is 13.9. The number of benzene rings is 2. The summed E-state index contributed by atoms with van der Waals surface area (Å²) in [7, 11) is 0. The highest BCUT2D eigenvalue weighted by Gasteiger charge is 2.32. The van der Waals surface area contributed by atoms with E-state index in [9.17, 15) is 19.1 Å². The summed E-state index contributed by atoms with van der Waals surface area (Å²) >= 11 is 0. The molecule has 0 fully saturated rings. The summed E-state index contributed by atoms with van der Waals surface area (Å²) in [6.45, 7) is 7.41. The van der Waals surface area contributed by atoms with Crippen molar-refractivity contribution in [2.75, 3.05) is 4.90 Å². The quantitative estimate of drug-likeness (QED) is 0.652. The molecule has 0 aliphatic carbocycles. The van der Waals surface area contributed by atoms with Gasteiger partial charge in [0.05, 0.1) is 30.5 Å². The summed E-state index contributed by atoms with van der Waals surface area (Å²) in [6.07, 6.45) is 1.01. The first-order chi connectivity index (χ1) is 14.7. The maximum atomic E-state index is 13.9. The van der Waals surface area contributed by atoms with Crippen LogP contribution < -0.4 is 4.90 Å². The molecule has 0 radical (unpaired) electrons. The van der Waals surface area contributed by atoms with Gasteiger partial charge in [-0.3, -0.25) is 14.6 Å². The monoisotopic (exact) mass is 418 g/mol. The second-order valence-electron chi connectivity index (χ2n) is 8.03. The number of carboxylic acids is 1. The molecule has 4 rings (SSSR count). The maximum Gasteiger partial charge on any atom is 0.307 e. The van der Waals surface area contributed by atoms with Gasteiger partial charge in [0.2, 0.25) is 5.91 Å². The van der Waals surface area contributed by atoms with Crippen molar-refractivity contribution in [1.29, 1.82) is 0 Å². The number of hydrogen-bond donors (Lipinski definition) is 1. The minimum atomic E-state index is -0.943. The van der Waals surface area contributed by atoms with Gasteiger partial charge in [0.1, 0.15) is 5.82 Å². The molecule has 158 valence electrons. The van der Waals surface area contributed by atoms with Gasteiger partial charge >= 0.3 is 5.97 Å². The fourth-order valence-electron chi connectivity index (χ4n) is 4.50. The van der Waals surface area contributed by atoms with Crippen molar-refractivity contribution in [3.8, 4) is 22.4 Å². The number of carbonyl (C=O) groups excluding carboxylic acids is 1. The van der Waals surface area contributed by atoms with Crippen molar-refractivity contribution in [2.45, 2.75) is 40.7 Å². The Balaban J connectivity index is 2.13. The topological polar surface area (TPSA) is 70.5 Å². The average Bonchev–Trinajstić information content (AvgIpc) is 2.71. The molecule has 5 nitrogen and oxygen atoms in total. The van der Waals surface area contributed by atoms with Crippen molar-refractivity contribution < 1.29 is 19.1 Å². The first-order valence-electron chi connectivity index (χ1n) is 10.1. The Morgan fingerprint density at radius 1 is 1.10 bits per heavy atom. The van der Waals surface area contributed by atoms with E-state index in [1.54, 1.807) is 4.90 Å². The van der Waals surface area contributed by atoms with Gasteiger partial charge < -0.3 is 10.0 Å². The van der Waals surface area contributed by atoms with E-state index < -0.39 is 11.8 Å². The molecule has 0 spiro atoms. The molecule has 1 aromatic heterocycles. The molecule has 6 heteroatoms. The third-order valence-electron chi connectivity index (χ3n) is 5.91. The number of carbonyl (C=O) groups is 2. The third kappa shape index (κ3) is 3.48. The Hall–Kier alpha value is -3.54. The number of pyridine rings is 1. The second-order valence-corrected chi connectivity index (χ2v) is 8.03. The van der Waals surface area contributed by atoms with E-state index >= 15 is 0 Å². The molecule has 3 aromatic rings. The van der Waals surface area contributed by atoms with Crippen LogP contribution in [0, 0.1) is 26.6 Å². The molecule has 31 heavy (non-hydrogen) atoms. The Bertz CT molecular complexity index is 1230. The third-order valence-corrected chi connectivity index (χ3v) is 5.91. The zero-order valence-electron chi connectivity index (χ0n) is 17.9. The molecular weight excluding hydrogens is 395 g/mol. The van der Waals surface area contributed by atoms with Crippen LogP contribution in [0.2, 0.25) is 0 Å². The van der Waals surface area contributed by atoms with Crippen LogP contribution >= 0.6 is 0 Å². The first kappa shape index (κ1) is 20.7. The van der Waals surface area contributed by atoms with Gasteiger partial charge in [-0.25, -0.2) is 4.39 Å². The molecule has 0 atom stereocenters. The molecule has 2 heterocycles. The molecule has 1 amide bonds. The van der Waals surface area contributed by atoms with E-state index in [0.29, 0.717) is 22.5 Å². The van der Waals surface area contributed by atoms with Crippen LogP contribution in [0.15, 0.2) is 36.5 Å². The first-order valence-corrected chi connectivity index (χ1v) is 10.1. The Labute approximate surface area is 180 Å². The number of anilines is 1. The van der Waals surface area contributed by atoms with Crippen LogP contribution in [0.25, 0.3) is 22.4 Å². The van der Waals surface area contributed by atoms with Crippen molar-refractivity contribution in [3.63, 3.8) is 0 Å². The Morgan fingerprint density at radius 2 is 1.77 bits per heavy atom. The van der Waals surface area contributed by atoms with Crippen LogP contribution in [0.5, 0.6) is 0 Å². The van der Waals surface area contributed by atoms with E-state index in [0.717, 1.165) is 33.4 Å². The molecule has 1 N–H and O–H groups in total. The van der Waals surface area contributed by atoms with Crippen LogP contribution in [-0.4, -0.2) is 22.0 Å². The lowest BCUT2D eigenvalue weighted by Crippen LogP contribution is -2.33. The summed E-state index contributed by atoms with van der Waals surface area (Å²) in [4.78, 5) is 30.3. The van der Waals surface area contributed by atoms with Crippen molar-refractivity contribution in [3.05, 3.63) is 70.2 Å². The van der Waals surface area contributed by atoms with Gasteiger partial charge in [0, 0.05) is 18.1 Å². The highest BCUT2D eigenvalue weighted by molar-refractivity contribution is 6.03. The van der Waals surface area contributed by atoms with Gasteiger partial charge in [0.25, 0.3) is 0 Å². The van der Waals surface area contributed by atoms with Gasteiger partial charge in [-0.2, -0.15) is 0 Å². The standard InChI is InChI=1S/C25H23FN2O3/c1-13-5-7-17(8-6-13)22-15(3)23-24-18(9-19(26)11-27-24)12-28(16(4)29)25(23)14(2)20(22)10-21(30)31/h5-9,11H,10,12H2,1-4H3,(H,30,31). The number of halogens is 1. The summed E-state index contributed by atoms with van der Waals surface area (Å²) in [6, 6.07) is 9.32. The summed E-state index contributed by atoms with van der Waals surface area (Å²) < 4.78 is 13.9. The lowest BCUT2D eigenvalue weighted by atomic mass is 9.82. The summed E-state index contributed by atoms with van der Waals surface area (Å²) in [5.41, 5.74) is 7.70. The molecule has 1 aliphatic rings. The van der Waals surface area contributed by atoms with Gasteiger partial charge in [0.15, 0.2) is 0 Å². The molecule has 2 aromatic carbocycles. The predicted molar refractivity (Wildman–Crippen MR) is 117 cm³/mol. The molecular formula is C25H23FN2O3. The lowest BCUT2D eigenvalue weighted by Gasteiger charge is -2.34. The number of aliphatic carboxylic acids is 1. The molecule has 1 aliphatic heterocycles. The number of rotatable bonds is 3. The largest absolute Gasteiger partial charge is 0.481 e. The van der Waals surface area contributed by atoms with Gasteiger partial charge in [-0.15, -0.1) is 0 Å². The fourth-order valence-corrected chi connectivity index (χ4v) is 4.50. The molecule has 0 bridgehead atoms. The van der Waals surface area contributed by atoms with E-state index in [1.165, 1.54) is 19.2 Å². The zero-order valence-corrected chi connectivity index (χ0v) is 17.9. The highest BCUT2D eigenvalue weighted by Crippen LogP contribution is 2.48. The number of amides is 1. The van der Waals surface area contributed by atoms with E-state index in [-0.39, 0.29) is 18.9 Å². The van der Waals surface area contributed by atoms with Gasteiger partial charge in [-0.05, 0) is 54.7 Å². The van der Waals surface area contributed by atoms with Gasteiger partial charge in [-0.1, -0.05) is 29.8 Å². The molecule has 0 unspecified atom stereocenters. The minimum Gasteiger partial charge on any atom is -0.481 e. The van der Waals surface area contributed by atoms with Crippen molar-refractivity contribution in [2.24, 2.45) is 0 Å². The highest BCUT2D eigenvalue weighted by atomic mass is 19.1. The lowest BCUT2D eigenvalue weighted by molar-refractivity contribution is -0.136. The zero-order chi connectivity index (χ0) is 22.4. The molecule has 0 saturated heterocycles. The Morgan fingerprint density at radius 3 is 2.39 bits per heavy atom. The number of nitrogens with zero attached hydrogens (tertiary/aromatic N) is 2. The minimum absolute atomic E-state index is 0.168. The van der Waals surface area contributed by atoms with Crippen molar-refractivity contribution in [1.82, 2.24) is 4.98 Å². The SMILES string of the molecule is CC(=O)N1Cc2cc(F)cnc2-c2c(C)c(-c3ccc(C)cc3)c(CC(=O)O)c(C)c21. The number of carboxylic acid groups (broad SMARTS) is 1. The van der Waals surface area contributed by atoms with Crippen LogP contribution in [0.1, 0.15) is 34.7 Å². The number of fused-ring (bicyclic) bond motifs is 3. The summed E-state index contributed by atoms with van der Waals surface area (Å²) in [5, 5.41) is 9.63. The number of aryl methyl sites for hydroxylation is 1. The molecule has 0 saturated carbocycles. The second kappa shape index (κ2) is 7.61. The van der Waals surface area contributed by atoms with Crippen LogP contribution in [0.4, 0.5) is 10.1 Å². The average molecular weight is 418 g/mol. The smallest absolute Gasteiger partial charge is 0.307 e. The number of aromatic nitrogens is 1. The van der Waals surface area contributed by atoms with E-state index in [1.807, 2.05) is 45.0 Å². The fraction of sp³-hybridized carbons (Fsp3) is 0.240. The number of hydrogen-bond acceptors (Lipinski definition) is 3. The normalized spacial score (nSPS) is 12.4. The van der Waals surface area contributed by atoms with Crippen LogP contribution in [0.3, 0.4) is 0 Å². The predicted octanol–water partition coefficient (Wildman–Crippen LogP) is 4.97. The summed E-state index contributed by atoms with van der Waals surface area (Å²) in [5.74, 6) is -1.59. The van der Waals surface area contributed by atoms with Crippen molar-refractivity contribution >= 4 is 17.6 Å². The van der Waals surface area contributed by atoms with E-state index in [2.05, 4.69) is 4.98 Å². The van der Waals surface area contributed by atoms with E-state index in [4.69, 9.17) is 0 Å².